The van der Waals surface area contributed by atoms with Crippen LogP contribution in [0.2, 0.25) is 0 Å². The summed E-state index contributed by atoms with van der Waals surface area (Å²) < 4.78 is 7.43. The predicted molar refractivity (Wildman–Crippen MR) is 150 cm³/mol. The number of piperidine rings is 2. The van der Waals surface area contributed by atoms with Crippen LogP contribution < -0.4 is 10.2 Å². The van der Waals surface area contributed by atoms with E-state index in [0.29, 0.717) is 18.8 Å². The van der Waals surface area contributed by atoms with Crippen LogP contribution in [-0.4, -0.2) is 88.9 Å². The molecule has 3 aliphatic rings. The van der Waals surface area contributed by atoms with Crippen molar-refractivity contribution in [3.8, 4) is 0 Å². The van der Waals surface area contributed by atoms with Gasteiger partial charge in [-0.2, -0.15) is 5.10 Å². The van der Waals surface area contributed by atoms with Crippen molar-refractivity contribution >= 4 is 34.5 Å². The second-order valence-electron chi connectivity index (χ2n) is 12.3. The molecule has 0 radical (unpaired) electrons. The molecule has 1 unspecified atom stereocenters. The summed E-state index contributed by atoms with van der Waals surface area (Å²) in [6, 6.07) is 6.40. The van der Waals surface area contributed by atoms with E-state index >= 15 is 0 Å². The number of rotatable bonds is 4. The highest BCUT2D eigenvalue weighted by molar-refractivity contribution is 6.02. The summed E-state index contributed by atoms with van der Waals surface area (Å²) in [6.07, 6.45) is 3.90. The molecule has 5 rings (SSSR count). The molecule has 212 valence electrons. The summed E-state index contributed by atoms with van der Waals surface area (Å²) in [4.78, 5) is 43.3. The summed E-state index contributed by atoms with van der Waals surface area (Å²) in [6.45, 7) is 12.2. The lowest BCUT2D eigenvalue weighted by Crippen LogP contribution is -2.41. The van der Waals surface area contributed by atoms with Gasteiger partial charge < -0.3 is 19.4 Å². The number of nitrogens with zero attached hydrogens (tertiary/aromatic N) is 5. The van der Waals surface area contributed by atoms with Crippen LogP contribution in [0.15, 0.2) is 18.2 Å². The minimum absolute atomic E-state index is 0.202. The van der Waals surface area contributed by atoms with E-state index < -0.39 is 5.60 Å². The third-order valence-corrected chi connectivity index (χ3v) is 8.17. The number of aryl methyl sites for hydroxylation is 1. The Morgan fingerprint density at radius 3 is 2.54 bits per heavy atom. The fourth-order valence-corrected chi connectivity index (χ4v) is 6.08. The topological polar surface area (TPSA) is 100 Å². The molecule has 3 amide bonds. The van der Waals surface area contributed by atoms with E-state index in [1.165, 1.54) is 5.69 Å². The fraction of sp³-hybridized carbons (Fsp3) is 0.655. The second kappa shape index (κ2) is 11.2. The third kappa shape index (κ3) is 6.37. The molecular formula is C29H42N6O4. The molecule has 3 saturated heterocycles. The van der Waals surface area contributed by atoms with E-state index in [4.69, 9.17) is 4.74 Å². The van der Waals surface area contributed by atoms with E-state index in [1.54, 1.807) is 0 Å². The van der Waals surface area contributed by atoms with Crippen LogP contribution in [0, 0.1) is 5.92 Å². The molecule has 39 heavy (non-hydrogen) atoms. The predicted octanol–water partition coefficient (Wildman–Crippen LogP) is 3.25. The minimum Gasteiger partial charge on any atom is -0.444 e. The molecule has 3 aliphatic heterocycles. The van der Waals surface area contributed by atoms with Crippen LogP contribution in [0.25, 0.3) is 10.9 Å². The summed E-state index contributed by atoms with van der Waals surface area (Å²) in [7, 11) is 1.92. The Morgan fingerprint density at radius 2 is 1.82 bits per heavy atom. The van der Waals surface area contributed by atoms with E-state index in [-0.39, 0.29) is 23.8 Å². The number of ether oxygens (including phenoxy) is 1. The molecule has 2 aromatic rings. The van der Waals surface area contributed by atoms with Gasteiger partial charge in [0.15, 0.2) is 0 Å². The quantitative estimate of drug-likeness (QED) is 0.597. The summed E-state index contributed by atoms with van der Waals surface area (Å²) in [5.74, 6) is -0.197. The maximum absolute atomic E-state index is 12.5. The van der Waals surface area contributed by atoms with Crippen molar-refractivity contribution in [3.63, 3.8) is 0 Å². The highest BCUT2D eigenvalue weighted by Gasteiger charge is 2.32. The van der Waals surface area contributed by atoms with Crippen LogP contribution >= 0.6 is 0 Å². The number of hydrogen-bond acceptors (Lipinski definition) is 7. The summed E-state index contributed by atoms with van der Waals surface area (Å²) >= 11 is 0. The van der Waals surface area contributed by atoms with Gasteiger partial charge in [0.25, 0.3) is 0 Å². The first-order valence-corrected chi connectivity index (χ1v) is 14.3. The average molecular weight is 539 g/mol. The van der Waals surface area contributed by atoms with Gasteiger partial charge in [0.05, 0.1) is 17.1 Å². The van der Waals surface area contributed by atoms with E-state index in [1.807, 2.05) is 37.4 Å². The Labute approximate surface area is 230 Å². The molecule has 4 heterocycles. The number of fused-ring (bicyclic) bond motifs is 1. The van der Waals surface area contributed by atoms with E-state index in [2.05, 4.69) is 38.4 Å². The zero-order valence-corrected chi connectivity index (χ0v) is 23.7. The number of hydrogen-bond donors (Lipinski definition) is 1. The maximum Gasteiger partial charge on any atom is 0.410 e. The van der Waals surface area contributed by atoms with Crippen LogP contribution in [0.3, 0.4) is 0 Å². The molecule has 1 aromatic heterocycles. The first-order chi connectivity index (χ1) is 18.6. The lowest BCUT2D eigenvalue weighted by Gasteiger charge is -2.36. The average Bonchev–Trinajstić information content (AvgIpc) is 3.04. The zero-order chi connectivity index (χ0) is 27.7. The van der Waals surface area contributed by atoms with Gasteiger partial charge in [-0.05, 0) is 77.1 Å². The Bertz CT molecular complexity index is 1230. The number of imide groups is 1. The molecule has 1 N–H and O–H groups in total. The molecule has 10 nitrogen and oxygen atoms in total. The molecule has 1 atom stereocenters. The third-order valence-electron chi connectivity index (χ3n) is 8.17. The van der Waals surface area contributed by atoms with Crippen molar-refractivity contribution in [2.24, 2.45) is 13.0 Å². The Morgan fingerprint density at radius 1 is 1.05 bits per heavy atom. The first-order valence-electron chi connectivity index (χ1n) is 14.3. The Kier molecular flexibility index (Phi) is 7.84. The van der Waals surface area contributed by atoms with E-state index in [0.717, 1.165) is 81.7 Å². The molecule has 10 heteroatoms. The largest absolute Gasteiger partial charge is 0.444 e. The van der Waals surface area contributed by atoms with Gasteiger partial charge in [-0.25, -0.2) is 4.79 Å². The number of amides is 3. The molecule has 3 fully saturated rings. The number of carbonyl (C=O) groups is 3. The van der Waals surface area contributed by atoms with Gasteiger partial charge in [-0.15, -0.1) is 0 Å². The number of anilines is 1. The van der Waals surface area contributed by atoms with Crippen molar-refractivity contribution in [2.45, 2.75) is 64.4 Å². The highest BCUT2D eigenvalue weighted by Crippen LogP contribution is 2.33. The molecule has 0 saturated carbocycles. The smallest absolute Gasteiger partial charge is 0.410 e. The lowest BCUT2D eigenvalue weighted by molar-refractivity contribution is -0.134. The van der Waals surface area contributed by atoms with Crippen molar-refractivity contribution in [1.82, 2.24) is 24.9 Å². The maximum atomic E-state index is 12.5. The first kappa shape index (κ1) is 27.4. The summed E-state index contributed by atoms with van der Waals surface area (Å²) in [5.41, 5.74) is 2.48. The molecule has 1 aromatic carbocycles. The highest BCUT2D eigenvalue weighted by atomic mass is 16.6. The van der Waals surface area contributed by atoms with Crippen molar-refractivity contribution in [3.05, 3.63) is 23.9 Å². The minimum atomic E-state index is -0.464. The molecular weight excluding hydrogens is 496 g/mol. The van der Waals surface area contributed by atoms with Crippen LogP contribution in [-0.2, 0) is 21.4 Å². The van der Waals surface area contributed by atoms with Gasteiger partial charge in [0.1, 0.15) is 5.60 Å². The second-order valence-corrected chi connectivity index (χ2v) is 12.3. The molecule has 0 aliphatic carbocycles. The monoisotopic (exact) mass is 538 g/mol. The van der Waals surface area contributed by atoms with Gasteiger partial charge >= 0.3 is 6.09 Å². The van der Waals surface area contributed by atoms with Gasteiger partial charge in [-0.1, -0.05) is 0 Å². The van der Waals surface area contributed by atoms with E-state index in [9.17, 15) is 14.4 Å². The van der Waals surface area contributed by atoms with Crippen molar-refractivity contribution in [2.75, 3.05) is 50.7 Å². The normalized spacial score (nSPS) is 22.2. The zero-order valence-electron chi connectivity index (χ0n) is 23.7. The van der Waals surface area contributed by atoms with Crippen LogP contribution in [0.5, 0.6) is 0 Å². The Balaban J connectivity index is 1.16. The van der Waals surface area contributed by atoms with Crippen molar-refractivity contribution in [1.29, 1.82) is 0 Å². The number of nitrogens with one attached hydrogen (secondary N) is 1. The van der Waals surface area contributed by atoms with Crippen LogP contribution in [0.4, 0.5) is 10.5 Å². The number of aromatic nitrogens is 2. The molecule has 0 bridgehead atoms. The van der Waals surface area contributed by atoms with Crippen molar-refractivity contribution < 1.29 is 19.1 Å². The number of carbonyl (C=O) groups excluding carboxylic acids is 3. The van der Waals surface area contributed by atoms with Gasteiger partial charge in [0, 0.05) is 63.8 Å². The SMILES string of the molecule is Cn1nc(C2CCC(=O)NC2=O)c2ccc(N3CCC(CN4CCCN(C(=O)OC(C)(C)C)CC4)CC3)cc21. The van der Waals surface area contributed by atoms with Gasteiger partial charge in [-0.3, -0.25) is 19.6 Å². The molecule has 0 spiro atoms. The lowest BCUT2D eigenvalue weighted by atomic mass is 9.92. The summed E-state index contributed by atoms with van der Waals surface area (Å²) in [5, 5.41) is 8.12. The Hall–Kier alpha value is -3.14. The fourth-order valence-electron chi connectivity index (χ4n) is 6.08. The van der Waals surface area contributed by atoms with Gasteiger partial charge in [0.2, 0.25) is 11.8 Å². The number of benzene rings is 1. The standard InChI is InChI=1S/C29H42N6O4/c1-29(2,3)39-28(38)35-13-5-12-33(16-17-35)19-20-10-14-34(15-11-20)21-6-7-22-24(18-21)32(4)31-26(22)23-8-9-25(36)30-27(23)37/h6-7,18,20,23H,5,8-17,19H2,1-4H3,(H,30,36,37). The van der Waals surface area contributed by atoms with Crippen LogP contribution in [0.1, 0.15) is 64.5 Å².